The molecule has 0 bridgehead atoms. The molecule has 0 N–H and O–H groups in total. The number of rotatable bonds is 4. The number of morpholine rings is 1. The number of aliphatic imine (C=N–C) groups is 1. The smallest absolute Gasteiger partial charge is 0.147 e. The van der Waals surface area contributed by atoms with E-state index in [1.165, 1.54) is 11.6 Å². The molecule has 4 heteroatoms. The fourth-order valence-corrected chi connectivity index (χ4v) is 2.63. The van der Waals surface area contributed by atoms with Crippen LogP contribution in [0, 0.1) is 5.82 Å². The third-order valence-corrected chi connectivity index (χ3v) is 4.03. The quantitative estimate of drug-likeness (QED) is 0.798. The van der Waals surface area contributed by atoms with Crippen molar-refractivity contribution in [2.24, 2.45) is 4.99 Å². The monoisotopic (exact) mass is 312 g/mol. The average molecular weight is 312 g/mol. The molecule has 0 atom stereocenters. The van der Waals surface area contributed by atoms with Gasteiger partial charge < -0.3 is 9.64 Å². The van der Waals surface area contributed by atoms with Crippen LogP contribution in [0.4, 0.5) is 15.8 Å². The molecule has 120 valence electrons. The summed E-state index contributed by atoms with van der Waals surface area (Å²) in [5.74, 6) is -0.211. The van der Waals surface area contributed by atoms with Gasteiger partial charge in [-0.3, -0.25) is 4.99 Å². The molecule has 0 saturated carbocycles. The van der Waals surface area contributed by atoms with Gasteiger partial charge in [-0.25, -0.2) is 4.39 Å². The van der Waals surface area contributed by atoms with E-state index in [2.05, 4.69) is 24.0 Å². The van der Waals surface area contributed by atoms with Gasteiger partial charge in [0.25, 0.3) is 0 Å². The number of aryl methyl sites for hydroxylation is 1. The van der Waals surface area contributed by atoms with Gasteiger partial charge in [0.2, 0.25) is 0 Å². The first-order chi connectivity index (χ1) is 11.3. The zero-order valence-corrected chi connectivity index (χ0v) is 13.3. The van der Waals surface area contributed by atoms with Crippen LogP contribution < -0.4 is 4.90 Å². The lowest BCUT2D eigenvalue weighted by atomic mass is 10.1. The van der Waals surface area contributed by atoms with E-state index in [1.54, 1.807) is 6.21 Å². The summed E-state index contributed by atoms with van der Waals surface area (Å²) < 4.78 is 19.6. The molecule has 0 amide bonds. The third kappa shape index (κ3) is 3.96. The van der Waals surface area contributed by atoms with E-state index >= 15 is 0 Å². The number of benzene rings is 2. The van der Waals surface area contributed by atoms with Crippen molar-refractivity contribution in [3.05, 3.63) is 59.4 Å². The molecular formula is C19H21FN2O. The second-order valence-corrected chi connectivity index (χ2v) is 5.59. The maximum atomic E-state index is 14.3. The first-order valence-corrected chi connectivity index (χ1v) is 8.01. The second kappa shape index (κ2) is 7.38. The van der Waals surface area contributed by atoms with Gasteiger partial charge in [-0.15, -0.1) is 0 Å². The van der Waals surface area contributed by atoms with Gasteiger partial charge in [0.1, 0.15) is 5.82 Å². The summed E-state index contributed by atoms with van der Waals surface area (Å²) in [5, 5.41) is 0. The number of anilines is 1. The molecule has 1 saturated heterocycles. The van der Waals surface area contributed by atoms with Crippen molar-refractivity contribution in [3.8, 4) is 0 Å². The summed E-state index contributed by atoms with van der Waals surface area (Å²) in [6.45, 7) is 4.88. The molecule has 0 aliphatic carbocycles. The molecule has 2 aromatic carbocycles. The summed E-state index contributed by atoms with van der Waals surface area (Å²) in [7, 11) is 0. The van der Waals surface area contributed by atoms with E-state index in [-0.39, 0.29) is 5.82 Å². The maximum absolute atomic E-state index is 14.3. The molecule has 23 heavy (non-hydrogen) atoms. The predicted molar refractivity (Wildman–Crippen MR) is 92.5 cm³/mol. The molecule has 0 aromatic heterocycles. The molecule has 1 aliphatic heterocycles. The lowest BCUT2D eigenvalue weighted by molar-refractivity contribution is 0.122. The minimum absolute atomic E-state index is 0.211. The molecule has 1 fully saturated rings. The molecule has 3 rings (SSSR count). The Balaban J connectivity index is 1.72. The standard InChI is InChI=1S/C19H21FN2O/c1-2-15-3-6-17(7-4-15)21-14-16-5-8-19(18(20)13-16)22-9-11-23-12-10-22/h3-8,13-14H,2,9-12H2,1H3. The Morgan fingerprint density at radius 2 is 1.87 bits per heavy atom. The Bertz CT molecular complexity index is 676. The molecule has 1 heterocycles. The molecule has 2 aromatic rings. The van der Waals surface area contributed by atoms with Crippen LogP contribution in [0.5, 0.6) is 0 Å². The van der Waals surface area contributed by atoms with Gasteiger partial charge in [-0.05, 0) is 41.8 Å². The van der Waals surface area contributed by atoms with Gasteiger partial charge in [-0.1, -0.05) is 25.1 Å². The first kappa shape index (κ1) is 15.7. The normalized spacial score (nSPS) is 15.3. The van der Waals surface area contributed by atoms with E-state index < -0.39 is 0 Å². The van der Waals surface area contributed by atoms with E-state index in [1.807, 2.05) is 29.2 Å². The van der Waals surface area contributed by atoms with E-state index in [0.29, 0.717) is 18.9 Å². The Kier molecular flexibility index (Phi) is 5.03. The molecule has 0 radical (unpaired) electrons. The lowest BCUT2D eigenvalue weighted by Crippen LogP contribution is -2.36. The molecule has 0 spiro atoms. The van der Waals surface area contributed by atoms with Gasteiger partial charge in [0, 0.05) is 19.3 Å². The Morgan fingerprint density at radius 1 is 1.13 bits per heavy atom. The minimum Gasteiger partial charge on any atom is -0.378 e. The predicted octanol–water partition coefficient (Wildman–Crippen LogP) is 3.98. The average Bonchev–Trinajstić information content (AvgIpc) is 2.61. The Labute approximate surface area is 136 Å². The largest absolute Gasteiger partial charge is 0.378 e. The highest BCUT2D eigenvalue weighted by Gasteiger charge is 2.14. The lowest BCUT2D eigenvalue weighted by Gasteiger charge is -2.29. The van der Waals surface area contributed by atoms with Gasteiger partial charge in [0.15, 0.2) is 0 Å². The van der Waals surface area contributed by atoms with Gasteiger partial charge in [0.05, 0.1) is 24.6 Å². The van der Waals surface area contributed by atoms with Crippen LogP contribution in [-0.2, 0) is 11.2 Å². The highest BCUT2D eigenvalue weighted by molar-refractivity contribution is 5.82. The van der Waals surface area contributed by atoms with Crippen molar-refractivity contribution in [1.82, 2.24) is 0 Å². The van der Waals surface area contributed by atoms with Gasteiger partial charge >= 0.3 is 0 Å². The maximum Gasteiger partial charge on any atom is 0.147 e. The molecular weight excluding hydrogens is 291 g/mol. The second-order valence-electron chi connectivity index (χ2n) is 5.59. The summed E-state index contributed by atoms with van der Waals surface area (Å²) in [4.78, 5) is 6.43. The highest BCUT2D eigenvalue weighted by Crippen LogP contribution is 2.21. The summed E-state index contributed by atoms with van der Waals surface area (Å²) >= 11 is 0. The Hall–Kier alpha value is -2.20. The number of nitrogens with zero attached hydrogens (tertiary/aromatic N) is 2. The highest BCUT2D eigenvalue weighted by atomic mass is 19.1. The van der Waals surface area contributed by atoms with Crippen molar-refractivity contribution >= 4 is 17.6 Å². The van der Waals surface area contributed by atoms with Crippen molar-refractivity contribution in [3.63, 3.8) is 0 Å². The van der Waals surface area contributed by atoms with Crippen LogP contribution in [0.3, 0.4) is 0 Å². The van der Waals surface area contributed by atoms with Crippen LogP contribution in [0.1, 0.15) is 18.1 Å². The number of ether oxygens (including phenoxy) is 1. The summed E-state index contributed by atoms with van der Waals surface area (Å²) in [5.41, 5.74) is 3.56. The number of hydrogen-bond donors (Lipinski definition) is 0. The minimum atomic E-state index is -0.211. The molecule has 0 unspecified atom stereocenters. The number of halogens is 1. The Morgan fingerprint density at radius 3 is 2.52 bits per heavy atom. The van der Waals surface area contributed by atoms with Crippen molar-refractivity contribution in [2.75, 3.05) is 31.2 Å². The third-order valence-electron chi connectivity index (χ3n) is 4.03. The van der Waals surface area contributed by atoms with Crippen molar-refractivity contribution < 1.29 is 9.13 Å². The van der Waals surface area contributed by atoms with Crippen LogP contribution in [0.2, 0.25) is 0 Å². The summed E-state index contributed by atoms with van der Waals surface area (Å²) in [6.07, 6.45) is 2.71. The van der Waals surface area contributed by atoms with E-state index in [0.717, 1.165) is 30.8 Å². The van der Waals surface area contributed by atoms with Crippen LogP contribution in [-0.4, -0.2) is 32.5 Å². The fourth-order valence-electron chi connectivity index (χ4n) is 2.63. The fraction of sp³-hybridized carbons (Fsp3) is 0.316. The van der Waals surface area contributed by atoms with Crippen LogP contribution >= 0.6 is 0 Å². The topological polar surface area (TPSA) is 24.8 Å². The zero-order valence-electron chi connectivity index (χ0n) is 13.3. The summed E-state index contributed by atoms with van der Waals surface area (Å²) in [6, 6.07) is 13.3. The van der Waals surface area contributed by atoms with Crippen LogP contribution in [0.25, 0.3) is 0 Å². The first-order valence-electron chi connectivity index (χ1n) is 8.01. The number of hydrogen-bond acceptors (Lipinski definition) is 3. The van der Waals surface area contributed by atoms with E-state index in [9.17, 15) is 4.39 Å². The van der Waals surface area contributed by atoms with Gasteiger partial charge in [-0.2, -0.15) is 0 Å². The van der Waals surface area contributed by atoms with E-state index in [4.69, 9.17) is 4.74 Å². The van der Waals surface area contributed by atoms with Crippen molar-refractivity contribution in [2.45, 2.75) is 13.3 Å². The zero-order chi connectivity index (χ0) is 16.1. The molecule has 3 nitrogen and oxygen atoms in total. The van der Waals surface area contributed by atoms with Crippen LogP contribution in [0.15, 0.2) is 47.5 Å². The molecule has 1 aliphatic rings. The SMILES string of the molecule is CCc1ccc(N=Cc2ccc(N3CCOCC3)c(F)c2)cc1. The van der Waals surface area contributed by atoms with Crippen molar-refractivity contribution in [1.29, 1.82) is 0 Å².